The zero-order valence-corrected chi connectivity index (χ0v) is 8.85. The number of fused-ring (bicyclic) bond motifs is 1. The van der Waals surface area contributed by atoms with E-state index in [-0.39, 0.29) is 0 Å². The minimum absolute atomic E-state index is 0.711. The summed E-state index contributed by atoms with van der Waals surface area (Å²) in [6, 6.07) is 1.83. The summed E-state index contributed by atoms with van der Waals surface area (Å²) in [6.07, 6.45) is 3.77. The highest BCUT2D eigenvalue weighted by Crippen LogP contribution is 2.00. The van der Waals surface area contributed by atoms with Gasteiger partial charge < -0.3 is 0 Å². The summed E-state index contributed by atoms with van der Waals surface area (Å²) in [6.45, 7) is 5.99. The first kappa shape index (κ1) is 9.92. The maximum absolute atomic E-state index is 4.94. The number of H-pyrrole nitrogens is 1. The highest BCUT2D eigenvalue weighted by atomic mass is 32.1. The predicted octanol–water partition coefficient (Wildman–Crippen LogP) is 2.73. The SMILES string of the molecule is CC.Cc1cnc2cc(=S)[nH]n2c1. The molecule has 1 N–H and O–H groups in total. The quantitative estimate of drug-likeness (QED) is 0.656. The van der Waals surface area contributed by atoms with Crippen molar-refractivity contribution < 1.29 is 0 Å². The van der Waals surface area contributed by atoms with Gasteiger partial charge in [-0.15, -0.1) is 0 Å². The molecule has 2 aromatic heterocycles. The first-order valence-electron chi connectivity index (χ1n) is 4.30. The molecule has 0 amide bonds. The number of hydrogen-bond acceptors (Lipinski definition) is 2. The van der Waals surface area contributed by atoms with E-state index in [1.165, 1.54) is 0 Å². The van der Waals surface area contributed by atoms with E-state index in [9.17, 15) is 0 Å². The number of nitrogens with zero attached hydrogens (tertiary/aromatic N) is 2. The molecule has 0 radical (unpaired) electrons. The molecule has 0 fully saturated rings. The van der Waals surface area contributed by atoms with Gasteiger partial charge in [0.2, 0.25) is 0 Å². The molecule has 2 aromatic rings. The number of aromatic nitrogens is 3. The van der Waals surface area contributed by atoms with Gasteiger partial charge in [-0.25, -0.2) is 9.50 Å². The lowest BCUT2D eigenvalue weighted by molar-refractivity contribution is 0.921. The first-order chi connectivity index (χ1) is 6.25. The maximum Gasteiger partial charge on any atom is 0.154 e. The molecule has 0 aliphatic heterocycles. The molecule has 4 heteroatoms. The first-order valence-corrected chi connectivity index (χ1v) is 4.70. The smallest absolute Gasteiger partial charge is 0.154 e. The molecule has 0 saturated carbocycles. The molecule has 13 heavy (non-hydrogen) atoms. The van der Waals surface area contributed by atoms with Gasteiger partial charge in [-0.05, 0) is 12.5 Å². The Morgan fingerprint density at radius 2 is 2.15 bits per heavy atom. The van der Waals surface area contributed by atoms with Gasteiger partial charge in [0.25, 0.3) is 0 Å². The van der Waals surface area contributed by atoms with Crippen LogP contribution in [0.1, 0.15) is 19.4 Å². The molecule has 70 valence electrons. The lowest BCUT2D eigenvalue weighted by Gasteiger charge is -1.93. The summed E-state index contributed by atoms with van der Waals surface area (Å²) >= 11 is 4.94. The van der Waals surface area contributed by atoms with Crippen molar-refractivity contribution in [3.8, 4) is 0 Å². The lowest BCUT2D eigenvalue weighted by Crippen LogP contribution is -1.89. The van der Waals surface area contributed by atoms with Crippen LogP contribution in [0.25, 0.3) is 5.65 Å². The Kier molecular flexibility index (Phi) is 3.19. The molecule has 2 rings (SSSR count). The average Bonchev–Trinajstić information content (AvgIpc) is 2.48. The molecule has 0 atom stereocenters. The van der Waals surface area contributed by atoms with Crippen LogP contribution in [0.15, 0.2) is 18.5 Å². The summed E-state index contributed by atoms with van der Waals surface area (Å²) < 4.78 is 2.53. The standard InChI is InChI=1S/C7H7N3S.C2H6/c1-5-3-8-6-2-7(11)9-10(6)4-5;1-2/h2-4H,1H3,(H,9,11);1-2H3. The van der Waals surface area contributed by atoms with Gasteiger partial charge >= 0.3 is 0 Å². The van der Waals surface area contributed by atoms with E-state index >= 15 is 0 Å². The van der Waals surface area contributed by atoms with E-state index < -0.39 is 0 Å². The van der Waals surface area contributed by atoms with Crippen molar-refractivity contribution in [3.05, 3.63) is 28.7 Å². The van der Waals surface area contributed by atoms with E-state index in [1.807, 2.05) is 43.7 Å². The zero-order valence-electron chi connectivity index (χ0n) is 8.03. The number of aromatic amines is 1. The number of aryl methyl sites for hydroxylation is 1. The average molecular weight is 195 g/mol. The Hall–Kier alpha value is -1.16. The third-order valence-corrected chi connectivity index (χ3v) is 1.68. The van der Waals surface area contributed by atoms with Gasteiger partial charge in [-0.3, -0.25) is 5.10 Å². The van der Waals surface area contributed by atoms with E-state index in [4.69, 9.17) is 12.2 Å². The van der Waals surface area contributed by atoms with Crippen LogP contribution in [0.5, 0.6) is 0 Å². The summed E-state index contributed by atoms with van der Waals surface area (Å²) in [7, 11) is 0. The van der Waals surface area contributed by atoms with Crippen LogP contribution in [0, 0.1) is 11.6 Å². The Morgan fingerprint density at radius 1 is 1.46 bits per heavy atom. The van der Waals surface area contributed by atoms with Crippen LogP contribution in [0.2, 0.25) is 0 Å². The molecule has 0 saturated heterocycles. The van der Waals surface area contributed by atoms with Gasteiger partial charge in [-0.2, -0.15) is 0 Å². The van der Waals surface area contributed by atoms with Crippen LogP contribution < -0.4 is 0 Å². The summed E-state index contributed by atoms with van der Waals surface area (Å²) in [5, 5.41) is 2.97. The van der Waals surface area contributed by atoms with Crippen LogP contribution >= 0.6 is 12.2 Å². The second-order valence-corrected chi connectivity index (χ2v) is 2.92. The molecule has 0 aromatic carbocycles. The van der Waals surface area contributed by atoms with E-state index in [1.54, 1.807) is 0 Å². The zero-order chi connectivity index (χ0) is 9.84. The van der Waals surface area contributed by atoms with Gasteiger partial charge in [0.1, 0.15) is 4.64 Å². The fraction of sp³-hybridized carbons (Fsp3) is 0.333. The summed E-state index contributed by atoms with van der Waals surface area (Å²) in [4.78, 5) is 4.17. The van der Waals surface area contributed by atoms with E-state index in [0.717, 1.165) is 11.2 Å². The normalized spacial score (nSPS) is 9.46. The minimum atomic E-state index is 0.711. The second-order valence-electron chi connectivity index (χ2n) is 2.48. The third-order valence-electron chi connectivity index (χ3n) is 1.47. The minimum Gasteiger partial charge on any atom is -0.282 e. The van der Waals surface area contributed by atoms with E-state index in [0.29, 0.717) is 4.64 Å². The molecular weight excluding hydrogens is 182 g/mol. The van der Waals surface area contributed by atoms with Crippen molar-refractivity contribution in [1.82, 2.24) is 14.6 Å². The largest absolute Gasteiger partial charge is 0.282 e. The van der Waals surface area contributed by atoms with Crippen LogP contribution in [0.3, 0.4) is 0 Å². The highest BCUT2D eigenvalue weighted by molar-refractivity contribution is 7.71. The number of nitrogens with one attached hydrogen (secondary N) is 1. The predicted molar refractivity (Wildman–Crippen MR) is 56.5 cm³/mol. The number of hydrogen-bond donors (Lipinski definition) is 1. The lowest BCUT2D eigenvalue weighted by atomic mass is 10.4. The van der Waals surface area contributed by atoms with Gasteiger partial charge in [0.15, 0.2) is 5.65 Å². The van der Waals surface area contributed by atoms with Gasteiger partial charge in [0.05, 0.1) is 0 Å². The van der Waals surface area contributed by atoms with Crippen molar-refractivity contribution in [3.63, 3.8) is 0 Å². The molecule has 0 unspecified atom stereocenters. The fourth-order valence-electron chi connectivity index (χ4n) is 0.998. The Bertz CT molecular complexity index is 441. The molecule has 0 bridgehead atoms. The number of rotatable bonds is 0. The molecule has 3 nitrogen and oxygen atoms in total. The molecule has 0 aliphatic rings. The van der Waals surface area contributed by atoms with Gasteiger partial charge in [-0.1, -0.05) is 26.1 Å². The highest BCUT2D eigenvalue weighted by Gasteiger charge is 1.93. The molecule has 0 spiro atoms. The van der Waals surface area contributed by atoms with Gasteiger partial charge in [0, 0.05) is 18.5 Å². The topological polar surface area (TPSA) is 33.1 Å². The third kappa shape index (κ3) is 2.15. The van der Waals surface area contributed by atoms with Crippen LogP contribution in [0.4, 0.5) is 0 Å². The molecule has 2 heterocycles. The van der Waals surface area contributed by atoms with Crippen molar-refractivity contribution in [2.24, 2.45) is 0 Å². The molecular formula is C9H13N3S. The van der Waals surface area contributed by atoms with Crippen molar-refractivity contribution in [2.45, 2.75) is 20.8 Å². The van der Waals surface area contributed by atoms with Crippen LogP contribution in [-0.2, 0) is 0 Å². The summed E-state index contributed by atoms with van der Waals surface area (Å²) in [5.74, 6) is 0. The monoisotopic (exact) mass is 195 g/mol. The van der Waals surface area contributed by atoms with Crippen molar-refractivity contribution >= 4 is 17.9 Å². The van der Waals surface area contributed by atoms with Crippen molar-refractivity contribution in [1.29, 1.82) is 0 Å². The Labute approximate surface area is 82.4 Å². The Balaban J connectivity index is 0.000000396. The maximum atomic E-state index is 4.94. The summed E-state index contributed by atoms with van der Waals surface area (Å²) in [5.41, 5.74) is 1.97. The van der Waals surface area contributed by atoms with Crippen LogP contribution in [-0.4, -0.2) is 14.6 Å². The second kappa shape index (κ2) is 4.18. The Morgan fingerprint density at radius 3 is 2.85 bits per heavy atom. The molecule has 0 aliphatic carbocycles. The van der Waals surface area contributed by atoms with Crippen molar-refractivity contribution in [2.75, 3.05) is 0 Å². The fourth-order valence-corrected chi connectivity index (χ4v) is 1.20. The van der Waals surface area contributed by atoms with E-state index in [2.05, 4.69) is 10.1 Å².